The van der Waals surface area contributed by atoms with Crippen LogP contribution < -0.4 is 10.6 Å². The number of urea groups is 1. The summed E-state index contributed by atoms with van der Waals surface area (Å²) in [5.74, 6) is -0.994. The topological polar surface area (TPSA) is 81.7 Å². The Morgan fingerprint density at radius 1 is 1.44 bits per heavy atom. The fourth-order valence-electron chi connectivity index (χ4n) is 2.18. The van der Waals surface area contributed by atoms with Gasteiger partial charge in [-0.25, -0.2) is 9.59 Å². The van der Waals surface area contributed by atoms with Crippen LogP contribution in [0.5, 0.6) is 0 Å². The molecule has 0 aromatic rings. The third-order valence-corrected chi connectivity index (χ3v) is 3.30. The van der Waals surface area contributed by atoms with Crippen LogP contribution in [-0.2, 0) is 4.79 Å². The van der Waals surface area contributed by atoms with Gasteiger partial charge in [0.25, 0.3) is 0 Å². The molecule has 0 spiro atoms. The number of carbonyl (C=O) groups excluding carboxylic acids is 1. The normalized spacial score (nSPS) is 22.2. The largest absolute Gasteiger partial charge is 0.480 e. The lowest BCUT2D eigenvalue weighted by molar-refractivity contribution is -0.139. The van der Waals surface area contributed by atoms with E-state index in [0.29, 0.717) is 6.42 Å². The highest BCUT2D eigenvalue weighted by Crippen LogP contribution is 2.09. The van der Waals surface area contributed by atoms with E-state index in [1.807, 2.05) is 0 Å². The van der Waals surface area contributed by atoms with Gasteiger partial charge in [-0.3, -0.25) is 0 Å². The molecule has 1 aliphatic rings. The molecule has 0 aliphatic carbocycles. The van der Waals surface area contributed by atoms with Gasteiger partial charge in [0, 0.05) is 12.6 Å². The Morgan fingerprint density at radius 2 is 2.17 bits per heavy atom. The maximum Gasteiger partial charge on any atom is 0.326 e. The van der Waals surface area contributed by atoms with Gasteiger partial charge < -0.3 is 20.6 Å². The zero-order chi connectivity index (χ0) is 13.5. The predicted molar refractivity (Wildman–Crippen MR) is 68.5 cm³/mol. The summed E-state index contributed by atoms with van der Waals surface area (Å²) in [6.07, 6.45) is 2.40. The molecular formula is C12H23N3O3. The zero-order valence-corrected chi connectivity index (χ0v) is 11.1. The Kier molecular flexibility index (Phi) is 5.91. The van der Waals surface area contributed by atoms with Crippen LogP contribution in [0.2, 0.25) is 0 Å². The van der Waals surface area contributed by atoms with E-state index in [2.05, 4.69) is 22.5 Å². The van der Waals surface area contributed by atoms with E-state index in [1.165, 1.54) is 0 Å². The third-order valence-electron chi connectivity index (χ3n) is 3.30. The first-order chi connectivity index (χ1) is 8.56. The summed E-state index contributed by atoms with van der Waals surface area (Å²) in [4.78, 5) is 24.8. The molecule has 6 nitrogen and oxygen atoms in total. The number of nitrogens with zero attached hydrogens (tertiary/aromatic N) is 1. The molecule has 1 unspecified atom stereocenters. The minimum Gasteiger partial charge on any atom is -0.480 e. The Hall–Kier alpha value is -1.30. The first-order valence-corrected chi connectivity index (χ1v) is 6.59. The molecule has 1 rings (SSSR count). The summed E-state index contributed by atoms with van der Waals surface area (Å²) in [6.45, 7) is 6.72. The van der Waals surface area contributed by atoms with E-state index in [9.17, 15) is 9.59 Å². The fourth-order valence-corrected chi connectivity index (χ4v) is 2.18. The van der Waals surface area contributed by atoms with Gasteiger partial charge in [-0.15, -0.1) is 0 Å². The number of hydrogen-bond donors (Lipinski definition) is 3. The number of hydrogen-bond acceptors (Lipinski definition) is 3. The minimum atomic E-state index is -0.994. The third kappa shape index (κ3) is 4.52. The van der Waals surface area contributed by atoms with Crippen molar-refractivity contribution >= 4 is 12.0 Å². The number of amides is 2. The van der Waals surface area contributed by atoms with E-state index in [4.69, 9.17) is 5.11 Å². The summed E-state index contributed by atoms with van der Waals surface area (Å²) in [5, 5.41) is 14.2. The lowest BCUT2D eigenvalue weighted by atomic mass is 10.1. The van der Waals surface area contributed by atoms with Gasteiger partial charge in [0.1, 0.15) is 6.04 Å². The van der Waals surface area contributed by atoms with Gasteiger partial charge in [-0.05, 0) is 32.4 Å². The molecule has 1 aliphatic heterocycles. The zero-order valence-electron chi connectivity index (χ0n) is 11.1. The van der Waals surface area contributed by atoms with E-state index in [-0.39, 0.29) is 12.1 Å². The highest BCUT2D eigenvalue weighted by molar-refractivity contribution is 5.82. The van der Waals surface area contributed by atoms with Gasteiger partial charge in [0.15, 0.2) is 0 Å². The van der Waals surface area contributed by atoms with Crippen molar-refractivity contribution < 1.29 is 14.7 Å². The first kappa shape index (κ1) is 14.8. The number of aliphatic carboxylic acids is 1. The van der Waals surface area contributed by atoms with Crippen molar-refractivity contribution in [1.29, 1.82) is 0 Å². The number of likely N-dealkylation sites (N-methyl/N-ethyl adjacent to an activating group) is 1. The molecule has 1 fully saturated rings. The summed E-state index contributed by atoms with van der Waals surface area (Å²) in [6, 6.07) is -1.08. The SMILES string of the molecule is CC[C@@H](NC(=O)NC1CCCN(CC)C1)C(=O)O. The highest BCUT2D eigenvalue weighted by atomic mass is 16.4. The van der Waals surface area contributed by atoms with Crippen molar-refractivity contribution in [2.24, 2.45) is 0 Å². The molecule has 0 radical (unpaired) electrons. The monoisotopic (exact) mass is 257 g/mol. The molecule has 6 heteroatoms. The average Bonchev–Trinajstić information content (AvgIpc) is 2.35. The summed E-state index contributed by atoms with van der Waals surface area (Å²) in [7, 11) is 0. The number of carbonyl (C=O) groups is 2. The molecule has 0 aromatic carbocycles. The first-order valence-electron chi connectivity index (χ1n) is 6.59. The van der Waals surface area contributed by atoms with Gasteiger partial charge in [0.2, 0.25) is 0 Å². The van der Waals surface area contributed by atoms with Crippen LogP contribution in [0.25, 0.3) is 0 Å². The lowest BCUT2D eigenvalue weighted by Gasteiger charge is -2.32. The molecule has 104 valence electrons. The highest BCUT2D eigenvalue weighted by Gasteiger charge is 2.22. The van der Waals surface area contributed by atoms with Crippen molar-refractivity contribution in [3.63, 3.8) is 0 Å². The second-order valence-electron chi connectivity index (χ2n) is 4.65. The molecule has 2 atom stereocenters. The van der Waals surface area contributed by atoms with Crippen molar-refractivity contribution in [1.82, 2.24) is 15.5 Å². The standard InChI is InChI=1S/C12H23N3O3/c1-3-10(11(16)17)14-12(18)13-9-6-5-7-15(4-2)8-9/h9-10H,3-8H2,1-2H3,(H,16,17)(H2,13,14,18)/t9?,10-/m1/s1. The second-order valence-corrected chi connectivity index (χ2v) is 4.65. The summed E-state index contributed by atoms with van der Waals surface area (Å²) in [5.41, 5.74) is 0. The van der Waals surface area contributed by atoms with Gasteiger partial charge in [-0.1, -0.05) is 13.8 Å². The van der Waals surface area contributed by atoms with Gasteiger partial charge in [0.05, 0.1) is 0 Å². The Bertz CT molecular complexity index is 296. The number of rotatable bonds is 5. The van der Waals surface area contributed by atoms with Crippen LogP contribution in [0, 0.1) is 0 Å². The fraction of sp³-hybridized carbons (Fsp3) is 0.833. The number of likely N-dealkylation sites (tertiary alicyclic amines) is 1. The molecule has 2 amide bonds. The molecule has 0 aromatic heterocycles. The Balaban J connectivity index is 2.37. The minimum absolute atomic E-state index is 0.116. The Labute approximate surface area is 108 Å². The van der Waals surface area contributed by atoms with Gasteiger partial charge in [-0.2, -0.15) is 0 Å². The van der Waals surface area contributed by atoms with Crippen LogP contribution in [-0.4, -0.2) is 53.7 Å². The second kappa shape index (κ2) is 7.20. The molecule has 18 heavy (non-hydrogen) atoms. The molecule has 3 N–H and O–H groups in total. The van der Waals surface area contributed by atoms with E-state index in [1.54, 1.807) is 6.92 Å². The van der Waals surface area contributed by atoms with Crippen molar-refractivity contribution in [2.75, 3.05) is 19.6 Å². The predicted octanol–water partition coefficient (Wildman–Crippen LogP) is 0.633. The molecule has 1 saturated heterocycles. The van der Waals surface area contributed by atoms with Crippen LogP contribution >= 0.6 is 0 Å². The van der Waals surface area contributed by atoms with Crippen LogP contribution in [0.15, 0.2) is 0 Å². The number of carboxylic acid groups (broad SMARTS) is 1. The summed E-state index contributed by atoms with van der Waals surface area (Å²) < 4.78 is 0. The molecule has 0 saturated carbocycles. The van der Waals surface area contributed by atoms with Crippen molar-refractivity contribution in [3.8, 4) is 0 Å². The van der Waals surface area contributed by atoms with Gasteiger partial charge >= 0.3 is 12.0 Å². The maximum atomic E-state index is 11.7. The van der Waals surface area contributed by atoms with Crippen LogP contribution in [0.3, 0.4) is 0 Å². The number of nitrogens with one attached hydrogen (secondary N) is 2. The van der Waals surface area contributed by atoms with E-state index >= 15 is 0 Å². The van der Waals surface area contributed by atoms with Crippen LogP contribution in [0.1, 0.15) is 33.1 Å². The average molecular weight is 257 g/mol. The lowest BCUT2D eigenvalue weighted by Crippen LogP contribution is -2.53. The maximum absolute atomic E-state index is 11.7. The van der Waals surface area contributed by atoms with Crippen molar-refractivity contribution in [3.05, 3.63) is 0 Å². The smallest absolute Gasteiger partial charge is 0.326 e. The van der Waals surface area contributed by atoms with Crippen molar-refractivity contribution in [2.45, 2.75) is 45.2 Å². The quantitative estimate of drug-likeness (QED) is 0.675. The van der Waals surface area contributed by atoms with Crippen LogP contribution in [0.4, 0.5) is 4.79 Å². The Morgan fingerprint density at radius 3 is 2.72 bits per heavy atom. The molecule has 1 heterocycles. The van der Waals surface area contributed by atoms with E-state index in [0.717, 1.165) is 32.5 Å². The summed E-state index contributed by atoms with van der Waals surface area (Å²) >= 11 is 0. The molecule has 0 bridgehead atoms. The number of piperidine rings is 1. The molecular weight excluding hydrogens is 234 g/mol. The number of carboxylic acids is 1. The van der Waals surface area contributed by atoms with E-state index < -0.39 is 12.0 Å².